The second kappa shape index (κ2) is 5.31. The maximum absolute atomic E-state index is 11.3. The Labute approximate surface area is 105 Å². The molecule has 1 fully saturated rings. The van der Waals surface area contributed by atoms with Crippen LogP contribution in [0, 0.1) is 0 Å². The van der Waals surface area contributed by atoms with Crippen LogP contribution in [-0.2, 0) is 9.13 Å². The van der Waals surface area contributed by atoms with Crippen molar-refractivity contribution in [1.82, 2.24) is 4.90 Å². The second-order valence-electron chi connectivity index (χ2n) is 4.55. The SMILES string of the molecule is CC(N1CCCCC1)C(O)(P(=O)(O)O)P(=O)(O)O. The minimum Gasteiger partial charge on any atom is -0.366 e. The Bertz CT molecular complexity index is 361. The van der Waals surface area contributed by atoms with E-state index >= 15 is 0 Å². The van der Waals surface area contributed by atoms with E-state index in [2.05, 4.69) is 0 Å². The number of hydrogen-bond donors (Lipinski definition) is 5. The molecule has 0 aliphatic carbocycles. The lowest BCUT2D eigenvalue weighted by atomic mass is 10.1. The van der Waals surface area contributed by atoms with Gasteiger partial charge in [0.2, 0.25) is 0 Å². The predicted molar refractivity (Wildman–Crippen MR) is 63.9 cm³/mol. The summed E-state index contributed by atoms with van der Waals surface area (Å²) in [7, 11) is -10.8. The highest BCUT2D eigenvalue weighted by Gasteiger charge is 2.64. The fraction of sp³-hybridized carbons (Fsp3) is 1.00. The van der Waals surface area contributed by atoms with E-state index in [1.165, 1.54) is 11.8 Å². The molecule has 5 N–H and O–H groups in total. The summed E-state index contributed by atoms with van der Waals surface area (Å²) in [6, 6.07) is -1.32. The minimum absolute atomic E-state index is 0.448. The fourth-order valence-corrected chi connectivity index (χ4v) is 4.86. The van der Waals surface area contributed by atoms with Crippen LogP contribution in [0.4, 0.5) is 0 Å². The van der Waals surface area contributed by atoms with Gasteiger partial charge in [-0.05, 0) is 32.9 Å². The molecule has 0 radical (unpaired) electrons. The number of nitrogens with zero attached hydrogens (tertiary/aromatic N) is 1. The average Bonchev–Trinajstić information content (AvgIpc) is 2.25. The number of piperidine rings is 1. The van der Waals surface area contributed by atoms with E-state index in [0.717, 1.165) is 19.3 Å². The molecule has 0 bridgehead atoms. The molecule has 1 aliphatic rings. The summed E-state index contributed by atoms with van der Waals surface area (Å²) in [5, 5.41) is 6.59. The molecule has 1 unspecified atom stereocenters. The van der Waals surface area contributed by atoms with E-state index in [-0.39, 0.29) is 0 Å². The number of aliphatic hydroxyl groups is 1. The molecule has 8 nitrogen and oxygen atoms in total. The third-order valence-electron chi connectivity index (χ3n) is 3.36. The van der Waals surface area contributed by atoms with Gasteiger partial charge in [0, 0.05) is 0 Å². The first-order chi connectivity index (χ1) is 8.02. The van der Waals surface area contributed by atoms with Crippen LogP contribution >= 0.6 is 15.2 Å². The highest BCUT2D eigenvalue weighted by Crippen LogP contribution is 2.69. The van der Waals surface area contributed by atoms with Gasteiger partial charge in [0.15, 0.2) is 0 Å². The zero-order chi connectivity index (χ0) is 14.2. The van der Waals surface area contributed by atoms with Gasteiger partial charge < -0.3 is 24.7 Å². The Morgan fingerprint density at radius 3 is 1.72 bits per heavy atom. The van der Waals surface area contributed by atoms with Crippen molar-refractivity contribution in [1.29, 1.82) is 0 Å². The second-order valence-corrected chi connectivity index (χ2v) is 8.44. The third-order valence-corrected chi connectivity index (χ3v) is 7.38. The zero-order valence-electron chi connectivity index (χ0n) is 10.0. The van der Waals surface area contributed by atoms with E-state index in [1.54, 1.807) is 0 Å². The zero-order valence-corrected chi connectivity index (χ0v) is 11.8. The van der Waals surface area contributed by atoms with Gasteiger partial charge >= 0.3 is 15.2 Å². The summed E-state index contributed by atoms with van der Waals surface area (Å²) in [5.74, 6) is 0. The molecule has 18 heavy (non-hydrogen) atoms. The maximum atomic E-state index is 11.3. The third kappa shape index (κ3) is 2.86. The number of hydrogen-bond acceptors (Lipinski definition) is 4. The van der Waals surface area contributed by atoms with Crippen molar-refractivity contribution >= 4 is 15.2 Å². The molecule has 1 aliphatic heterocycles. The molecule has 0 aromatic rings. The molecule has 108 valence electrons. The number of rotatable bonds is 4. The van der Waals surface area contributed by atoms with Crippen molar-refractivity contribution in [2.24, 2.45) is 0 Å². The standard InChI is InChI=1S/C8H19NO7P2/c1-7(9-5-3-2-4-6-9)8(10,17(11,12)13)18(14,15)16/h7,10H,2-6H2,1H3,(H2,11,12,13)(H2,14,15,16). The summed E-state index contributed by atoms with van der Waals surface area (Å²) in [4.78, 5) is 38.0. The molecular weight excluding hydrogens is 284 g/mol. The summed E-state index contributed by atoms with van der Waals surface area (Å²) < 4.78 is 22.6. The Hall–Kier alpha value is 0.220. The molecule has 0 spiro atoms. The van der Waals surface area contributed by atoms with Crippen LogP contribution < -0.4 is 0 Å². The van der Waals surface area contributed by atoms with Crippen LogP contribution in [-0.4, -0.2) is 53.8 Å². The molecule has 1 atom stereocenters. The van der Waals surface area contributed by atoms with Crippen molar-refractivity contribution in [2.75, 3.05) is 13.1 Å². The van der Waals surface area contributed by atoms with Gasteiger partial charge in [0.05, 0.1) is 6.04 Å². The van der Waals surface area contributed by atoms with Crippen LogP contribution in [0.2, 0.25) is 0 Å². The highest BCUT2D eigenvalue weighted by atomic mass is 31.2. The smallest absolute Gasteiger partial charge is 0.366 e. The van der Waals surface area contributed by atoms with E-state index in [9.17, 15) is 14.2 Å². The van der Waals surface area contributed by atoms with Crippen LogP contribution in [0.1, 0.15) is 26.2 Å². The summed E-state index contributed by atoms with van der Waals surface area (Å²) in [5.41, 5.74) is 0. The first-order valence-electron chi connectivity index (χ1n) is 5.59. The number of likely N-dealkylation sites (tertiary alicyclic amines) is 1. The van der Waals surface area contributed by atoms with Gasteiger partial charge in [-0.25, -0.2) is 0 Å². The Balaban J connectivity index is 3.12. The lowest BCUT2D eigenvalue weighted by molar-refractivity contribution is 0.0331. The van der Waals surface area contributed by atoms with Crippen molar-refractivity contribution in [3.63, 3.8) is 0 Å². The Morgan fingerprint density at radius 2 is 1.39 bits per heavy atom. The van der Waals surface area contributed by atoms with E-state index in [1.807, 2.05) is 0 Å². The first-order valence-corrected chi connectivity index (χ1v) is 8.82. The average molecular weight is 303 g/mol. The molecule has 0 saturated carbocycles. The molecule has 1 saturated heterocycles. The van der Waals surface area contributed by atoms with Crippen LogP contribution in [0.5, 0.6) is 0 Å². The molecule has 0 amide bonds. The molecule has 1 heterocycles. The van der Waals surface area contributed by atoms with Gasteiger partial charge in [-0.1, -0.05) is 6.42 Å². The highest BCUT2D eigenvalue weighted by molar-refractivity contribution is 7.72. The Morgan fingerprint density at radius 1 is 1.00 bits per heavy atom. The summed E-state index contributed by atoms with van der Waals surface area (Å²) in [6.07, 6.45) is 2.49. The van der Waals surface area contributed by atoms with Gasteiger partial charge in [-0.2, -0.15) is 0 Å². The van der Waals surface area contributed by atoms with Crippen molar-refractivity contribution in [2.45, 2.75) is 37.3 Å². The lowest BCUT2D eigenvalue weighted by Gasteiger charge is -2.42. The molecule has 1 rings (SSSR count). The maximum Gasteiger partial charge on any atom is 0.371 e. The summed E-state index contributed by atoms with van der Waals surface area (Å²) >= 11 is 0. The van der Waals surface area contributed by atoms with Crippen LogP contribution in [0.25, 0.3) is 0 Å². The fourth-order valence-electron chi connectivity index (χ4n) is 2.21. The largest absolute Gasteiger partial charge is 0.371 e. The minimum atomic E-state index is -5.38. The molecule has 0 aromatic carbocycles. The van der Waals surface area contributed by atoms with Crippen LogP contribution in [0.3, 0.4) is 0 Å². The molecular formula is C8H19NO7P2. The van der Waals surface area contributed by atoms with Gasteiger partial charge in [-0.15, -0.1) is 0 Å². The van der Waals surface area contributed by atoms with Gasteiger partial charge in [0.1, 0.15) is 0 Å². The molecule has 10 heteroatoms. The van der Waals surface area contributed by atoms with E-state index < -0.39 is 26.3 Å². The lowest BCUT2D eigenvalue weighted by Crippen LogP contribution is -2.52. The first kappa shape index (κ1) is 16.3. The van der Waals surface area contributed by atoms with Crippen molar-refractivity contribution < 1.29 is 33.8 Å². The monoisotopic (exact) mass is 303 g/mol. The van der Waals surface area contributed by atoms with Crippen LogP contribution in [0.15, 0.2) is 0 Å². The van der Waals surface area contributed by atoms with E-state index in [0.29, 0.717) is 13.1 Å². The molecule has 0 aromatic heterocycles. The van der Waals surface area contributed by atoms with Gasteiger partial charge in [-0.3, -0.25) is 14.0 Å². The predicted octanol–water partition coefficient (Wildman–Crippen LogP) is -0.138. The van der Waals surface area contributed by atoms with Crippen molar-refractivity contribution in [3.8, 4) is 0 Å². The van der Waals surface area contributed by atoms with Crippen molar-refractivity contribution in [3.05, 3.63) is 0 Å². The van der Waals surface area contributed by atoms with E-state index in [4.69, 9.17) is 19.6 Å². The summed E-state index contributed by atoms with van der Waals surface area (Å²) in [6.45, 7) is 2.12. The topological polar surface area (TPSA) is 139 Å². The quantitative estimate of drug-likeness (QED) is 0.452. The Kier molecular flexibility index (Phi) is 4.80. The normalized spacial score (nSPS) is 21.9. The van der Waals surface area contributed by atoms with Gasteiger partial charge in [0.25, 0.3) is 5.08 Å².